The molecule has 6 atom stereocenters. The van der Waals surface area contributed by atoms with Crippen LogP contribution in [-0.2, 0) is 37.5 Å². The summed E-state index contributed by atoms with van der Waals surface area (Å²) >= 11 is 0. The van der Waals surface area contributed by atoms with E-state index in [1.807, 2.05) is 32.6 Å². The van der Waals surface area contributed by atoms with Crippen molar-refractivity contribution in [1.82, 2.24) is 14.7 Å². The van der Waals surface area contributed by atoms with E-state index in [1.165, 1.54) is 0 Å². The first-order valence-corrected chi connectivity index (χ1v) is 27.2. The fraction of sp³-hybridized carbons (Fsp3) is 0.571. The Balaban J connectivity index is 1.09. The van der Waals surface area contributed by atoms with Crippen LogP contribution in [0, 0.1) is 34.0 Å². The zero-order valence-corrected chi connectivity index (χ0v) is 45.0. The second-order valence-corrected chi connectivity index (χ2v) is 25.5. The van der Waals surface area contributed by atoms with E-state index in [9.17, 15) is 30.2 Å². The van der Waals surface area contributed by atoms with Gasteiger partial charge in [-0.3, -0.25) is 28.0 Å². The molecule has 3 fully saturated rings. The topological polar surface area (TPSA) is 214 Å². The van der Waals surface area contributed by atoms with Gasteiger partial charge in [-0.05, 0) is 150 Å². The Morgan fingerprint density at radius 3 is 1.24 bits per heavy atom. The summed E-state index contributed by atoms with van der Waals surface area (Å²) in [5.74, 6) is 1.18. The minimum absolute atomic E-state index is 0.0120. The smallest absolute Gasteiger partial charge is 0.362 e. The Bertz CT molecular complexity index is 2810. The molecule has 0 spiro atoms. The normalized spacial score (nSPS) is 26.6. The molecule has 3 aromatic rings. The number of hydrogen-bond donors (Lipinski definition) is 0. The second kappa shape index (κ2) is 19.3. The van der Waals surface area contributed by atoms with Gasteiger partial charge in [-0.1, -0.05) is 0 Å². The first-order valence-electron chi connectivity index (χ1n) is 25.7. The van der Waals surface area contributed by atoms with Crippen LogP contribution in [0.4, 0.5) is 0 Å². The van der Waals surface area contributed by atoms with Crippen LogP contribution in [0.25, 0.3) is 0 Å². The minimum Gasteiger partial charge on any atom is -0.485 e. The molecule has 9 rings (SSSR count). The highest BCUT2D eigenvalue weighted by atomic mass is 31.2. The number of rotatable bonds is 14. The number of fused-ring (bicyclic) bond motifs is 3. The highest BCUT2D eigenvalue weighted by Crippen LogP contribution is 2.67. The minimum atomic E-state index is -4.81. The third-order valence-corrected chi connectivity index (χ3v) is 18.0. The SMILES string of the molecule is CC(C)(CCOC(C)(C)P(=O)(OC1C(N2CCCC2=O)c2cc(C#N)ccc2OC1(C)C)OC1C(N2CCCC2=O)c2cc(C#N)ccc2OC1(C)C)OC1C(N2CCCC2=O)c2cc(C#N)ccc2OC1(C)C. The standard InChI is InChI=1S/C56H67N6O11P/c1-52(2,71-49-46(60-24-11-14-43(60)63)37-28-34(31-57)17-20-40(37)68-53(49,3)4)23-27-67-56(9,10)74(66,72-50-47(61-25-12-15-44(61)64)38-29-35(32-58)18-21-41(38)69-54(50,5)6)73-51-48(62-26-13-16-45(62)65)39-30-36(33-59)19-22-42(39)70-55(51,7)8/h17-22,28-30,46-51H,11-16,23-27H2,1-10H3. The lowest BCUT2D eigenvalue weighted by Crippen LogP contribution is -2.57. The first-order chi connectivity index (χ1) is 34.8. The van der Waals surface area contributed by atoms with Crippen molar-refractivity contribution in [3.63, 3.8) is 0 Å². The predicted molar refractivity (Wildman–Crippen MR) is 270 cm³/mol. The Morgan fingerprint density at radius 1 is 0.581 bits per heavy atom. The number of nitrogens with zero attached hydrogens (tertiary/aromatic N) is 6. The first kappa shape index (κ1) is 52.9. The van der Waals surface area contributed by atoms with Crippen molar-refractivity contribution in [2.75, 3.05) is 26.2 Å². The van der Waals surface area contributed by atoms with Crippen LogP contribution in [-0.4, -0.2) is 105 Å². The van der Waals surface area contributed by atoms with E-state index in [-0.39, 0.29) is 43.6 Å². The molecule has 0 saturated carbocycles. The number of benzene rings is 3. The number of likely N-dealkylation sites (tertiary alicyclic amines) is 3. The molecule has 0 aliphatic carbocycles. The van der Waals surface area contributed by atoms with Crippen LogP contribution in [0.1, 0.15) is 166 Å². The monoisotopic (exact) mass is 1030 g/mol. The van der Waals surface area contributed by atoms with E-state index < -0.39 is 71.8 Å². The number of amides is 3. The molecule has 392 valence electrons. The van der Waals surface area contributed by atoms with Crippen molar-refractivity contribution >= 4 is 25.3 Å². The van der Waals surface area contributed by atoms with Crippen molar-refractivity contribution in [1.29, 1.82) is 15.8 Å². The van der Waals surface area contributed by atoms with Crippen LogP contribution >= 0.6 is 7.60 Å². The Morgan fingerprint density at radius 2 is 0.919 bits per heavy atom. The van der Waals surface area contributed by atoms with Gasteiger partial charge in [0.1, 0.15) is 52.4 Å². The van der Waals surface area contributed by atoms with E-state index in [4.69, 9.17) is 32.7 Å². The molecule has 0 N–H and O–H groups in total. The molecule has 6 unspecified atom stereocenters. The molecule has 74 heavy (non-hydrogen) atoms. The summed E-state index contributed by atoms with van der Waals surface area (Å²) in [7, 11) is -4.81. The molecule has 18 heteroatoms. The van der Waals surface area contributed by atoms with Crippen LogP contribution in [0.2, 0.25) is 0 Å². The lowest BCUT2D eigenvalue weighted by Gasteiger charge is -2.52. The van der Waals surface area contributed by atoms with Gasteiger partial charge in [0.2, 0.25) is 17.7 Å². The maximum absolute atomic E-state index is 16.9. The summed E-state index contributed by atoms with van der Waals surface area (Å²) in [6, 6.07) is 19.6. The van der Waals surface area contributed by atoms with Crippen LogP contribution in [0.3, 0.4) is 0 Å². The molecule has 3 aromatic carbocycles. The lowest BCUT2D eigenvalue weighted by molar-refractivity contribution is -0.188. The summed E-state index contributed by atoms with van der Waals surface area (Å²) < 4.78 is 65.2. The van der Waals surface area contributed by atoms with Gasteiger partial charge in [0.15, 0.2) is 5.34 Å². The fourth-order valence-electron chi connectivity index (χ4n) is 11.5. The summed E-state index contributed by atoms with van der Waals surface area (Å²) in [5.41, 5.74) is -1.62. The zero-order chi connectivity index (χ0) is 53.3. The van der Waals surface area contributed by atoms with E-state index in [0.717, 1.165) is 0 Å². The number of carbonyl (C=O) groups excluding carboxylic acids is 3. The maximum atomic E-state index is 16.9. The van der Waals surface area contributed by atoms with E-state index in [0.29, 0.717) is 95.9 Å². The van der Waals surface area contributed by atoms with Crippen LogP contribution < -0.4 is 14.2 Å². The molecule has 0 bridgehead atoms. The molecule has 6 aliphatic rings. The van der Waals surface area contributed by atoms with Crippen LogP contribution in [0.15, 0.2) is 54.6 Å². The van der Waals surface area contributed by atoms with Gasteiger partial charge in [0.05, 0.1) is 65.2 Å². The molecule has 6 aliphatic heterocycles. The highest BCUT2D eigenvalue weighted by Gasteiger charge is 2.60. The molecule has 0 radical (unpaired) electrons. The largest absolute Gasteiger partial charge is 0.485 e. The number of ether oxygens (including phenoxy) is 5. The van der Waals surface area contributed by atoms with Gasteiger partial charge in [-0.15, -0.1) is 0 Å². The Kier molecular flexibility index (Phi) is 13.8. The van der Waals surface area contributed by atoms with E-state index >= 15 is 4.57 Å². The fourth-order valence-corrected chi connectivity index (χ4v) is 13.7. The number of hydrogen-bond acceptors (Lipinski definition) is 14. The summed E-state index contributed by atoms with van der Waals surface area (Å²) in [4.78, 5) is 46.5. The number of nitriles is 3. The molecular weight excluding hydrogens is 964 g/mol. The Labute approximate surface area is 434 Å². The van der Waals surface area contributed by atoms with Gasteiger partial charge in [0.25, 0.3) is 0 Å². The molecule has 17 nitrogen and oxygen atoms in total. The second-order valence-electron chi connectivity index (χ2n) is 23.0. The molecule has 0 aromatic heterocycles. The van der Waals surface area contributed by atoms with Gasteiger partial charge in [0, 0.05) is 55.6 Å². The average molecular weight is 1030 g/mol. The van der Waals surface area contributed by atoms with Gasteiger partial charge in [-0.25, -0.2) is 0 Å². The number of carbonyl (C=O) groups is 3. The Hall–Kier alpha value is -5.99. The third-order valence-electron chi connectivity index (χ3n) is 15.5. The predicted octanol–water partition coefficient (Wildman–Crippen LogP) is 9.48. The van der Waals surface area contributed by atoms with Crippen molar-refractivity contribution in [3.05, 3.63) is 88.0 Å². The molecular formula is C56H67N6O11P. The van der Waals surface area contributed by atoms with Gasteiger partial charge in [-0.2, -0.15) is 15.8 Å². The third kappa shape index (κ3) is 9.65. The van der Waals surface area contributed by atoms with Gasteiger partial charge < -0.3 is 38.4 Å². The average Bonchev–Trinajstić information content (AvgIpc) is 4.09. The molecule has 3 amide bonds. The van der Waals surface area contributed by atoms with Gasteiger partial charge >= 0.3 is 7.60 Å². The summed E-state index contributed by atoms with van der Waals surface area (Å²) in [6.07, 6.45) is -0.0180. The van der Waals surface area contributed by atoms with Crippen LogP contribution in [0.5, 0.6) is 17.2 Å². The quantitative estimate of drug-likeness (QED) is 0.138. The zero-order valence-electron chi connectivity index (χ0n) is 44.1. The van der Waals surface area contributed by atoms with E-state index in [2.05, 4.69) is 18.2 Å². The highest BCUT2D eigenvalue weighted by molar-refractivity contribution is 7.55. The summed E-state index contributed by atoms with van der Waals surface area (Å²) in [5, 5.41) is 28.3. The lowest BCUT2D eigenvalue weighted by atomic mass is 9.84. The molecule has 6 heterocycles. The van der Waals surface area contributed by atoms with Crippen molar-refractivity contribution in [2.24, 2.45) is 0 Å². The molecule has 3 saturated heterocycles. The van der Waals surface area contributed by atoms with Crippen molar-refractivity contribution in [2.45, 2.75) is 178 Å². The van der Waals surface area contributed by atoms with Crippen molar-refractivity contribution in [3.8, 4) is 35.5 Å². The summed E-state index contributed by atoms with van der Waals surface area (Å²) in [6.45, 7) is 19.3. The van der Waals surface area contributed by atoms with Crippen molar-refractivity contribution < 1.29 is 51.7 Å². The van der Waals surface area contributed by atoms with E-state index in [1.54, 1.807) is 106 Å². The maximum Gasteiger partial charge on any atom is 0.362 e.